The molecule has 1 aliphatic rings. The molecule has 104 valence electrons. The number of likely N-dealkylation sites (N-methyl/N-ethyl adjacent to an activating group) is 1. The van der Waals surface area contributed by atoms with E-state index < -0.39 is 0 Å². The lowest BCUT2D eigenvalue weighted by molar-refractivity contribution is 0.352. The first-order chi connectivity index (χ1) is 9.78. The van der Waals surface area contributed by atoms with Crippen LogP contribution in [0.5, 0.6) is 5.75 Å². The van der Waals surface area contributed by atoms with E-state index in [9.17, 15) is 0 Å². The Morgan fingerprint density at radius 3 is 2.80 bits per heavy atom. The third-order valence-corrected chi connectivity index (χ3v) is 4.02. The molecule has 1 atom stereocenters. The van der Waals surface area contributed by atoms with Gasteiger partial charge in [0.2, 0.25) is 0 Å². The average molecular weight is 288 g/mol. The molecule has 0 fully saturated rings. The fraction of sp³-hybridized carbons (Fsp3) is 0.294. The molecule has 1 heterocycles. The van der Waals surface area contributed by atoms with Gasteiger partial charge in [0.25, 0.3) is 0 Å². The minimum absolute atomic E-state index is 0.267. The van der Waals surface area contributed by atoms with Crippen LogP contribution in [0.15, 0.2) is 42.5 Å². The number of rotatable bonds is 4. The zero-order valence-electron chi connectivity index (χ0n) is 11.5. The van der Waals surface area contributed by atoms with E-state index in [0.29, 0.717) is 0 Å². The standard InChI is InChI=1S/C17H18ClNO/c1-19-16(12-5-3-2-4-6-12)11-14-10-15(18)9-13-7-8-20-17(13)14/h2-6,9-10,16,19H,7-8,11H2,1H3. The second-order valence-corrected chi connectivity index (χ2v) is 5.54. The van der Waals surface area contributed by atoms with Crippen molar-refractivity contribution in [3.05, 3.63) is 64.2 Å². The Kier molecular flexibility index (Phi) is 3.95. The molecular formula is C17H18ClNO. The summed E-state index contributed by atoms with van der Waals surface area (Å²) in [5.74, 6) is 1.03. The van der Waals surface area contributed by atoms with Crippen LogP contribution in [0.2, 0.25) is 5.02 Å². The Balaban J connectivity index is 1.91. The van der Waals surface area contributed by atoms with Crippen molar-refractivity contribution in [3.63, 3.8) is 0 Å². The summed E-state index contributed by atoms with van der Waals surface area (Å²) in [4.78, 5) is 0. The number of ether oxygens (including phenoxy) is 1. The highest BCUT2D eigenvalue weighted by atomic mass is 35.5. The van der Waals surface area contributed by atoms with Gasteiger partial charge in [-0.05, 0) is 42.3 Å². The highest BCUT2D eigenvalue weighted by Crippen LogP contribution is 2.35. The van der Waals surface area contributed by atoms with Crippen molar-refractivity contribution in [1.29, 1.82) is 0 Å². The summed E-state index contributed by atoms with van der Waals surface area (Å²) in [6.07, 6.45) is 1.84. The number of nitrogens with one attached hydrogen (secondary N) is 1. The lowest BCUT2D eigenvalue weighted by Crippen LogP contribution is -2.19. The van der Waals surface area contributed by atoms with Crippen LogP contribution in [0.1, 0.15) is 22.7 Å². The van der Waals surface area contributed by atoms with Crippen LogP contribution in [-0.4, -0.2) is 13.7 Å². The van der Waals surface area contributed by atoms with Crippen LogP contribution in [-0.2, 0) is 12.8 Å². The normalized spacial score (nSPS) is 14.7. The van der Waals surface area contributed by atoms with E-state index in [0.717, 1.165) is 30.2 Å². The maximum atomic E-state index is 6.23. The van der Waals surface area contributed by atoms with Gasteiger partial charge in [-0.15, -0.1) is 0 Å². The third kappa shape index (κ3) is 2.67. The van der Waals surface area contributed by atoms with Gasteiger partial charge in [-0.3, -0.25) is 0 Å². The van der Waals surface area contributed by atoms with Crippen LogP contribution >= 0.6 is 11.6 Å². The van der Waals surface area contributed by atoms with Gasteiger partial charge in [-0.1, -0.05) is 41.9 Å². The lowest BCUT2D eigenvalue weighted by atomic mass is 9.97. The molecule has 2 aromatic rings. The van der Waals surface area contributed by atoms with Crippen molar-refractivity contribution in [2.75, 3.05) is 13.7 Å². The van der Waals surface area contributed by atoms with E-state index in [4.69, 9.17) is 16.3 Å². The SMILES string of the molecule is CNC(Cc1cc(Cl)cc2c1OCC2)c1ccccc1. The third-order valence-electron chi connectivity index (χ3n) is 3.80. The van der Waals surface area contributed by atoms with E-state index in [2.05, 4.69) is 29.6 Å². The topological polar surface area (TPSA) is 21.3 Å². The molecule has 0 saturated carbocycles. The second-order valence-electron chi connectivity index (χ2n) is 5.11. The maximum Gasteiger partial charge on any atom is 0.125 e. The summed E-state index contributed by atoms with van der Waals surface area (Å²) in [6.45, 7) is 0.762. The molecule has 0 spiro atoms. The largest absolute Gasteiger partial charge is 0.493 e. The highest BCUT2D eigenvalue weighted by molar-refractivity contribution is 6.30. The minimum atomic E-state index is 0.267. The molecular weight excluding hydrogens is 270 g/mol. The molecule has 1 unspecified atom stereocenters. The fourth-order valence-electron chi connectivity index (χ4n) is 2.79. The molecule has 1 N–H and O–H groups in total. The van der Waals surface area contributed by atoms with Gasteiger partial charge in [0.15, 0.2) is 0 Å². The van der Waals surface area contributed by atoms with E-state index >= 15 is 0 Å². The molecule has 0 radical (unpaired) electrons. The predicted octanol–water partition coefficient (Wildman–Crippen LogP) is 3.78. The van der Waals surface area contributed by atoms with E-state index in [-0.39, 0.29) is 6.04 Å². The summed E-state index contributed by atoms with van der Waals surface area (Å²) in [6, 6.07) is 14.8. The van der Waals surface area contributed by atoms with Gasteiger partial charge in [0.1, 0.15) is 5.75 Å². The Morgan fingerprint density at radius 2 is 2.05 bits per heavy atom. The van der Waals surface area contributed by atoms with Crippen molar-refractivity contribution >= 4 is 11.6 Å². The Morgan fingerprint density at radius 1 is 1.25 bits per heavy atom. The average Bonchev–Trinajstić information content (AvgIpc) is 2.93. The molecule has 0 aliphatic carbocycles. The quantitative estimate of drug-likeness (QED) is 0.924. The van der Waals surface area contributed by atoms with Crippen LogP contribution < -0.4 is 10.1 Å². The maximum absolute atomic E-state index is 6.23. The first-order valence-electron chi connectivity index (χ1n) is 6.94. The summed E-state index contributed by atoms with van der Waals surface area (Å²) in [5.41, 5.74) is 3.70. The van der Waals surface area contributed by atoms with Crippen molar-refractivity contribution in [2.45, 2.75) is 18.9 Å². The zero-order chi connectivity index (χ0) is 13.9. The number of halogens is 1. The summed E-state index contributed by atoms with van der Waals surface area (Å²) >= 11 is 6.23. The van der Waals surface area contributed by atoms with Crippen LogP contribution in [0.25, 0.3) is 0 Å². The lowest BCUT2D eigenvalue weighted by Gasteiger charge is -2.18. The van der Waals surface area contributed by atoms with Gasteiger partial charge in [-0.2, -0.15) is 0 Å². The summed E-state index contributed by atoms with van der Waals surface area (Å²) in [5, 5.41) is 4.18. The van der Waals surface area contributed by atoms with E-state index in [1.165, 1.54) is 16.7 Å². The van der Waals surface area contributed by atoms with Gasteiger partial charge < -0.3 is 10.1 Å². The predicted molar refractivity (Wildman–Crippen MR) is 82.6 cm³/mol. The highest BCUT2D eigenvalue weighted by Gasteiger charge is 2.20. The monoisotopic (exact) mass is 287 g/mol. The van der Waals surface area contributed by atoms with Gasteiger partial charge in [0, 0.05) is 17.5 Å². The van der Waals surface area contributed by atoms with Crippen molar-refractivity contribution < 1.29 is 4.74 Å². The van der Waals surface area contributed by atoms with Crippen LogP contribution in [0, 0.1) is 0 Å². The summed E-state index contributed by atoms with van der Waals surface area (Å²) < 4.78 is 5.78. The zero-order valence-corrected chi connectivity index (χ0v) is 12.3. The van der Waals surface area contributed by atoms with Gasteiger partial charge in [0.05, 0.1) is 6.61 Å². The second kappa shape index (κ2) is 5.86. The van der Waals surface area contributed by atoms with Crippen molar-refractivity contribution in [2.24, 2.45) is 0 Å². The van der Waals surface area contributed by atoms with Crippen LogP contribution in [0.3, 0.4) is 0 Å². The number of hydrogen-bond donors (Lipinski definition) is 1. The van der Waals surface area contributed by atoms with E-state index in [1.807, 2.05) is 25.2 Å². The van der Waals surface area contributed by atoms with Gasteiger partial charge >= 0.3 is 0 Å². The summed E-state index contributed by atoms with van der Waals surface area (Å²) in [7, 11) is 1.99. The van der Waals surface area contributed by atoms with Crippen molar-refractivity contribution in [3.8, 4) is 5.75 Å². The molecule has 0 saturated heterocycles. The number of benzene rings is 2. The van der Waals surface area contributed by atoms with Crippen LogP contribution in [0.4, 0.5) is 0 Å². The van der Waals surface area contributed by atoms with Gasteiger partial charge in [-0.25, -0.2) is 0 Å². The first kappa shape index (κ1) is 13.5. The first-order valence-corrected chi connectivity index (χ1v) is 7.32. The molecule has 3 heteroatoms. The molecule has 0 amide bonds. The smallest absolute Gasteiger partial charge is 0.125 e. The Bertz CT molecular complexity index is 597. The molecule has 2 nitrogen and oxygen atoms in total. The molecule has 1 aliphatic heterocycles. The molecule has 2 aromatic carbocycles. The molecule has 0 aromatic heterocycles. The molecule has 20 heavy (non-hydrogen) atoms. The van der Waals surface area contributed by atoms with E-state index in [1.54, 1.807) is 0 Å². The Labute approximate surface area is 124 Å². The molecule has 0 bridgehead atoms. The fourth-order valence-corrected chi connectivity index (χ4v) is 3.05. The molecule has 3 rings (SSSR count). The number of hydrogen-bond acceptors (Lipinski definition) is 2. The minimum Gasteiger partial charge on any atom is -0.493 e. The Hall–Kier alpha value is -1.51. The number of fused-ring (bicyclic) bond motifs is 1. The van der Waals surface area contributed by atoms with Crippen molar-refractivity contribution in [1.82, 2.24) is 5.32 Å².